The molecule has 0 aliphatic rings. The molecule has 0 aromatic heterocycles. The average Bonchev–Trinajstić information content (AvgIpc) is 2.36. The van der Waals surface area contributed by atoms with Gasteiger partial charge < -0.3 is 5.32 Å². The van der Waals surface area contributed by atoms with Crippen LogP contribution in [0.4, 0.5) is 10.1 Å². The van der Waals surface area contributed by atoms with E-state index >= 15 is 0 Å². The van der Waals surface area contributed by atoms with Gasteiger partial charge in [-0.1, -0.05) is 34.8 Å². The van der Waals surface area contributed by atoms with Gasteiger partial charge in [0.15, 0.2) is 0 Å². The predicted octanol–water partition coefficient (Wildman–Crippen LogP) is 5.04. The Morgan fingerprint density at radius 1 is 1.00 bits per heavy atom. The smallest absolute Gasteiger partial charge is 0.258 e. The first kappa shape index (κ1) is 14.1. The molecule has 2 aromatic rings. The Balaban J connectivity index is 2.30. The first-order valence-electron chi connectivity index (χ1n) is 5.19. The average molecular weight is 319 g/mol. The Morgan fingerprint density at radius 3 is 2.37 bits per heavy atom. The van der Waals surface area contributed by atoms with Gasteiger partial charge in [0.2, 0.25) is 0 Å². The van der Waals surface area contributed by atoms with Gasteiger partial charge in [-0.3, -0.25) is 4.79 Å². The van der Waals surface area contributed by atoms with Crippen LogP contribution < -0.4 is 5.32 Å². The largest absolute Gasteiger partial charge is 0.320 e. The third kappa shape index (κ3) is 3.38. The minimum absolute atomic E-state index is 0.163. The van der Waals surface area contributed by atoms with Crippen molar-refractivity contribution in [2.45, 2.75) is 0 Å². The molecule has 0 radical (unpaired) electrons. The molecule has 0 aliphatic heterocycles. The molecule has 1 N–H and O–H groups in total. The van der Waals surface area contributed by atoms with Crippen molar-refractivity contribution in [3.63, 3.8) is 0 Å². The van der Waals surface area contributed by atoms with E-state index in [2.05, 4.69) is 5.32 Å². The number of hydrogen-bond acceptors (Lipinski definition) is 1. The zero-order valence-electron chi connectivity index (χ0n) is 9.38. The van der Waals surface area contributed by atoms with Crippen LogP contribution in [-0.2, 0) is 0 Å². The molecule has 1 amide bonds. The van der Waals surface area contributed by atoms with Gasteiger partial charge in [-0.15, -0.1) is 0 Å². The highest BCUT2D eigenvalue weighted by Gasteiger charge is 2.14. The van der Waals surface area contributed by atoms with E-state index in [0.717, 1.165) is 6.07 Å². The maximum Gasteiger partial charge on any atom is 0.258 e. The van der Waals surface area contributed by atoms with Crippen LogP contribution in [-0.4, -0.2) is 5.91 Å². The Labute approximate surface area is 124 Å². The van der Waals surface area contributed by atoms with Crippen LogP contribution in [0.15, 0.2) is 36.4 Å². The fourth-order valence-corrected chi connectivity index (χ4v) is 1.96. The van der Waals surface area contributed by atoms with Crippen molar-refractivity contribution in [3.8, 4) is 0 Å². The molecular formula is C13H7Cl3FNO. The summed E-state index contributed by atoms with van der Waals surface area (Å²) in [6.45, 7) is 0. The summed E-state index contributed by atoms with van der Waals surface area (Å²) in [4.78, 5) is 11.9. The molecule has 19 heavy (non-hydrogen) atoms. The monoisotopic (exact) mass is 317 g/mol. The number of hydrogen-bond donors (Lipinski definition) is 1. The van der Waals surface area contributed by atoms with Gasteiger partial charge >= 0.3 is 0 Å². The molecule has 0 unspecified atom stereocenters. The minimum atomic E-state index is -0.667. The minimum Gasteiger partial charge on any atom is -0.320 e. The van der Waals surface area contributed by atoms with E-state index in [0.29, 0.717) is 15.7 Å². The summed E-state index contributed by atoms with van der Waals surface area (Å²) >= 11 is 17.4. The molecule has 2 rings (SSSR count). The standard InChI is InChI=1S/C13H7Cl3FNO/c14-7-2-4-11(17)9(5-7)13(19)18-12-6-8(15)1-3-10(12)16/h1-6H,(H,18,19). The normalized spacial score (nSPS) is 10.3. The van der Waals surface area contributed by atoms with Crippen LogP contribution in [0.5, 0.6) is 0 Å². The molecule has 0 spiro atoms. The van der Waals surface area contributed by atoms with E-state index in [-0.39, 0.29) is 10.6 Å². The fraction of sp³-hybridized carbons (Fsp3) is 0. The summed E-state index contributed by atoms with van der Waals surface area (Å²) in [7, 11) is 0. The molecule has 2 aromatic carbocycles. The molecule has 98 valence electrons. The lowest BCUT2D eigenvalue weighted by Gasteiger charge is -2.08. The van der Waals surface area contributed by atoms with Crippen LogP contribution in [0, 0.1) is 5.82 Å². The summed E-state index contributed by atoms with van der Waals surface area (Å²) in [5, 5.41) is 3.46. The van der Waals surface area contributed by atoms with Crippen molar-refractivity contribution in [3.05, 3.63) is 62.8 Å². The number of carbonyl (C=O) groups excluding carboxylic acids is 1. The summed E-state index contributed by atoms with van der Waals surface area (Å²) in [6, 6.07) is 8.32. The predicted molar refractivity (Wildman–Crippen MR) is 75.8 cm³/mol. The quantitative estimate of drug-likeness (QED) is 0.826. The summed E-state index contributed by atoms with van der Waals surface area (Å²) in [5.41, 5.74) is 0.141. The highest BCUT2D eigenvalue weighted by Crippen LogP contribution is 2.26. The van der Waals surface area contributed by atoms with Crippen molar-refractivity contribution in [2.24, 2.45) is 0 Å². The van der Waals surface area contributed by atoms with Gasteiger partial charge in [0.1, 0.15) is 5.82 Å². The van der Waals surface area contributed by atoms with Gasteiger partial charge in [0, 0.05) is 10.0 Å². The third-order valence-corrected chi connectivity index (χ3v) is 3.15. The van der Waals surface area contributed by atoms with Crippen LogP contribution >= 0.6 is 34.8 Å². The van der Waals surface area contributed by atoms with E-state index < -0.39 is 11.7 Å². The molecule has 0 bridgehead atoms. The molecule has 0 heterocycles. The topological polar surface area (TPSA) is 29.1 Å². The van der Waals surface area contributed by atoms with Gasteiger partial charge in [-0.05, 0) is 36.4 Å². The Morgan fingerprint density at radius 2 is 1.63 bits per heavy atom. The summed E-state index contributed by atoms with van der Waals surface area (Å²) < 4.78 is 13.5. The van der Waals surface area contributed by atoms with Crippen molar-refractivity contribution in [1.29, 1.82) is 0 Å². The van der Waals surface area contributed by atoms with E-state index in [9.17, 15) is 9.18 Å². The van der Waals surface area contributed by atoms with Crippen molar-refractivity contribution >= 4 is 46.4 Å². The molecule has 0 saturated heterocycles. The highest BCUT2D eigenvalue weighted by atomic mass is 35.5. The Hall–Kier alpha value is -1.29. The van der Waals surface area contributed by atoms with Crippen LogP contribution in [0.3, 0.4) is 0 Å². The van der Waals surface area contributed by atoms with Crippen molar-refractivity contribution in [2.75, 3.05) is 5.32 Å². The van der Waals surface area contributed by atoms with Crippen molar-refractivity contribution in [1.82, 2.24) is 0 Å². The molecule has 0 aliphatic carbocycles. The first-order chi connectivity index (χ1) is 8.97. The maximum absolute atomic E-state index is 13.5. The maximum atomic E-state index is 13.5. The van der Waals surface area contributed by atoms with Gasteiger partial charge in [-0.25, -0.2) is 4.39 Å². The highest BCUT2D eigenvalue weighted by molar-refractivity contribution is 6.36. The van der Waals surface area contributed by atoms with Crippen molar-refractivity contribution < 1.29 is 9.18 Å². The molecule has 0 fully saturated rings. The second kappa shape index (κ2) is 5.78. The number of carbonyl (C=O) groups is 1. The zero-order valence-corrected chi connectivity index (χ0v) is 11.7. The van der Waals surface area contributed by atoms with Crippen LogP contribution in [0.25, 0.3) is 0 Å². The lowest BCUT2D eigenvalue weighted by atomic mass is 10.2. The SMILES string of the molecule is O=C(Nc1cc(Cl)ccc1Cl)c1cc(Cl)ccc1F. The number of rotatable bonds is 2. The van der Waals surface area contributed by atoms with E-state index in [1.54, 1.807) is 6.07 Å². The Kier molecular flexibility index (Phi) is 4.30. The number of benzene rings is 2. The summed E-state index contributed by atoms with van der Waals surface area (Å²) in [5.74, 6) is -1.32. The summed E-state index contributed by atoms with van der Waals surface area (Å²) in [6.07, 6.45) is 0. The zero-order chi connectivity index (χ0) is 14.0. The molecule has 6 heteroatoms. The molecule has 0 saturated carbocycles. The number of halogens is 4. The van der Waals surface area contributed by atoms with Gasteiger partial charge in [0.25, 0.3) is 5.91 Å². The first-order valence-corrected chi connectivity index (χ1v) is 6.32. The Bertz CT molecular complexity index is 646. The molecular weight excluding hydrogens is 312 g/mol. The lowest BCUT2D eigenvalue weighted by Crippen LogP contribution is -2.14. The van der Waals surface area contributed by atoms with Crippen LogP contribution in [0.1, 0.15) is 10.4 Å². The lowest BCUT2D eigenvalue weighted by molar-refractivity contribution is 0.102. The number of nitrogens with one attached hydrogen (secondary N) is 1. The van der Waals surface area contributed by atoms with Crippen LogP contribution in [0.2, 0.25) is 15.1 Å². The second-order valence-electron chi connectivity index (χ2n) is 3.70. The molecule has 0 atom stereocenters. The van der Waals surface area contributed by atoms with Gasteiger partial charge in [-0.2, -0.15) is 0 Å². The number of anilines is 1. The fourth-order valence-electron chi connectivity index (χ4n) is 1.45. The number of amides is 1. The molecule has 2 nitrogen and oxygen atoms in total. The van der Waals surface area contributed by atoms with Gasteiger partial charge in [0.05, 0.1) is 16.3 Å². The van der Waals surface area contributed by atoms with E-state index in [1.807, 2.05) is 0 Å². The van der Waals surface area contributed by atoms with E-state index in [4.69, 9.17) is 34.8 Å². The van der Waals surface area contributed by atoms with E-state index in [1.165, 1.54) is 24.3 Å². The second-order valence-corrected chi connectivity index (χ2v) is 4.98. The third-order valence-electron chi connectivity index (χ3n) is 2.35.